The van der Waals surface area contributed by atoms with Gasteiger partial charge in [-0.2, -0.15) is 0 Å². The molecule has 0 spiro atoms. The van der Waals surface area contributed by atoms with Gasteiger partial charge in [0.05, 0.1) is 16.8 Å². The van der Waals surface area contributed by atoms with Crippen molar-refractivity contribution in [2.24, 2.45) is 7.05 Å². The molecule has 27 heavy (non-hydrogen) atoms. The molecule has 0 unspecified atom stereocenters. The average molecular weight is 365 g/mol. The van der Waals surface area contributed by atoms with Crippen LogP contribution in [-0.2, 0) is 17.3 Å². The van der Waals surface area contributed by atoms with Crippen LogP contribution in [0.3, 0.4) is 0 Å². The lowest BCUT2D eigenvalue weighted by Crippen LogP contribution is -2.30. The zero-order valence-electron chi connectivity index (χ0n) is 15.2. The molecule has 3 aromatic rings. The summed E-state index contributed by atoms with van der Waals surface area (Å²) in [4.78, 5) is 25.9. The third-order valence-corrected chi connectivity index (χ3v) is 5.37. The second-order valence-electron chi connectivity index (χ2n) is 6.98. The third kappa shape index (κ3) is 2.77. The van der Waals surface area contributed by atoms with Crippen molar-refractivity contribution in [3.8, 4) is 5.69 Å². The Hall–Kier alpha value is -3.15. The normalized spacial score (nSPS) is 14.8. The lowest BCUT2D eigenvalue weighted by molar-refractivity contribution is -0.118. The minimum Gasteiger partial charge on any atom is -0.319 e. The number of carbonyl (C=O) groups excluding carboxylic acids is 1. The Balaban J connectivity index is 1.69. The van der Waals surface area contributed by atoms with Gasteiger partial charge in [-0.3, -0.25) is 14.3 Å². The van der Waals surface area contributed by atoms with Gasteiger partial charge in [-0.15, -0.1) is 0 Å². The van der Waals surface area contributed by atoms with E-state index in [-0.39, 0.29) is 23.0 Å². The number of nitrogens with zero attached hydrogens (tertiary/aromatic N) is 2. The first-order valence-corrected chi connectivity index (χ1v) is 8.85. The van der Waals surface area contributed by atoms with Crippen LogP contribution in [0, 0.1) is 12.7 Å². The van der Waals surface area contributed by atoms with E-state index in [2.05, 4.69) is 5.32 Å². The quantitative estimate of drug-likeness (QED) is 0.771. The molecule has 0 aliphatic heterocycles. The van der Waals surface area contributed by atoms with E-state index in [1.807, 2.05) is 30.3 Å². The van der Waals surface area contributed by atoms with Gasteiger partial charge in [-0.1, -0.05) is 30.3 Å². The van der Waals surface area contributed by atoms with Crippen molar-refractivity contribution in [1.82, 2.24) is 9.36 Å². The first-order chi connectivity index (χ1) is 12.9. The fourth-order valence-electron chi connectivity index (χ4n) is 3.49. The third-order valence-electron chi connectivity index (χ3n) is 5.37. The lowest BCUT2D eigenvalue weighted by atomic mass is 9.95. The van der Waals surface area contributed by atoms with Crippen LogP contribution in [-0.4, -0.2) is 15.3 Å². The highest BCUT2D eigenvalue weighted by Gasteiger charge is 2.51. The van der Waals surface area contributed by atoms with Crippen molar-refractivity contribution in [1.29, 1.82) is 0 Å². The van der Waals surface area contributed by atoms with Crippen molar-refractivity contribution in [3.05, 3.63) is 82.0 Å². The molecular formula is C21H20FN3O2. The second kappa shape index (κ2) is 6.23. The Morgan fingerprint density at radius 3 is 2.30 bits per heavy atom. The summed E-state index contributed by atoms with van der Waals surface area (Å²) in [6.45, 7) is 1.80. The van der Waals surface area contributed by atoms with Crippen LogP contribution in [0.4, 0.5) is 10.1 Å². The van der Waals surface area contributed by atoms with E-state index >= 15 is 0 Å². The molecule has 2 aromatic carbocycles. The van der Waals surface area contributed by atoms with Gasteiger partial charge < -0.3 is 5.32 Å². The van der Waals surface area contributed by atoms with E-state index in [1.54, 1.807) is 30.8 Å². The molecule has 5 nitrogen and oxygen atoms in total. The summed E-state index contributed by atoms with van der Waals surface area (Å²) in [5, 5.41) is 2.84. The highest BCUT2D eigenvalue weighted by Crippen LogP contribution is 2.49. The van der Waals surface area contributed by atoms with Crippen molar-refractivity contribution in [2.45, 2.75) is 25.2 Å². The Labute approximate surface area is 156 Å². The van der Waals surface area contributed by atoms with Gasteiger partial charge in [0.15, 0.2) is 0 Å². The number of rotatable bonds is 4. The van der Waals surface area contributed by atoms with E-state index in [0.29, 0.717) is 18.5 Å². The molecule has 4 rings (SSSR count). The molecule has 0 atom stereocenters. The molecule has 138 valence electrons. The number of aromatic nitrogens is 2. The number of benzene rings is 2. The molecule has 1 aliphatic carbocycles. The first kappa shape index (κ1) is 17.3. The van der Waals surface area contributed by atoms with Gasteiger partial charge >= 0.3 is 0 Å². The van der Waals surface area contributed by atoms with Gasteiger partial charge in [0.1, 0.15) is 11.5 Å². The van der Waals surface area contributed by atoms with E-state index in [4.69, 9.17) is 0 Å². The molecule has 1 heterocycles. The van der Waals surface area contributed by atoms with Gasteiger partial charge in [0.2, 0.25) is 5.91 Å². The fourth-order valence-corrected chi connectivity index (χ4v) is 3.49. The topological polar surface area (TPSA) is 56.0 Å². The van der Waals surface area contributed by atoms with Crippen LogP contribution >= 0.6 is 0 Å². The van der Waals surface area contributed by atoms with Crippen LogP contribution in [0.15, 0.2) is 59.4 Å². The number of hydrogen-bond donors (Lipinski definition) is 1. The molecule has 0 radical (unpaired) electrons. The molecule has 6 heteroatoms. The summed E-state index contributed by atoms with van der Waals surface area (Å²) in [5.74, 6) is -0.556. The maximum absolute atomic E-state index is 13.2. The minimum absolute atomic E-state index is 0.222. The number of para-hydroxylation sites is 1. The monoisotopic (exact) mass is 365 g/mol. The van der Waals surface area contributed by atoms with Gasteiger partial charge in [-0.05, 0) is 49.6 Å². The fraction of sp³-hybridized carbons (Fsp3) is 0.238. The number of halogens is 1. The number of nitrogens with one attached hydrogen (secondary N) is 1. The van der Waals surface area contributed by atoms with Gasteiger partial charge in [0, 0.05) is 7.05 Å². The van der Waals surface area contributed by atoms with Crippen LogP contribution in [0.1, 0.15) is 24.1 Å². The second-order valence-corrected chi connectivity index (χ2v) is 6.98. The molecule has 1 fully saturated rings. The summed E-state index contributed by atoms with van der Waals surface area (Å²) >= 11 is 0. The van der Waals surface area contributed by atoms with Crippen molar-refractivity contribution >= 4 is 11.6 Å². The first-order valence-electron chi connectivity index (χ1n) is 8.85. The van der Waals surface area contributed by atoms with E-state index < -0.39 is 5.41 Å². The zero-order valence-corrected chi connectivity index (χ0v) is 15.2. The largest absolute Gasteiger partial charge is 0.319 e. The Morgan fingerprint density at radius 2 is 1.70 bits per heavy atom. The standard InChI is InChI=1S/C21H20FN3O2/c1-14-18(19(26)25(24(14)2)17-6-4-3-5-7-17)23-20(27)21(12-13-21)15-8-10-16(22)11-9-15/h3-11H,12-13H2,1-2H3,(H,23,27). The number of amides is 1. The van der Waals surface area contributed by atoms with Crippen molar-refractivity contribution in [2.75, 3.05) is 5.32 Å². The highest BCUT2D eigenvalue weighted by molar-refractivity contribution is 6.01. The minimum atomic E-state index is -0.681. The molecule has 0 saturated heterocycles. The van der Waals surface area contributed by atoms with Crippen molar-refractivity contribution < 1.29 is 9.18 Å². The maximum Gasteiger partial charge on any atom is 0.295 e. The molecular weight excluding hydrogens is 345 g/mol. The number of carbonyl (C=O) groups is 1. The van der Waals surface area contributed by atoms with Crippen LogP contribution in [0.25, 0.3) is 5.69 Å². The average Bonchev–Trinajstić information content (AvgIpc) is 3.45. The van der Waals surface area contributed by atoms with Gasteiger partial charge in [-0.25, -0.2) is 9.07 Å². The van der Waals surface area contributed by atoms with Crippen LogP contribution in [0.5, 0.6) is 0 Å². The molecule has 1 saturated carbocycles. The summed E-state index contributed by atoms with van der Waals surface area (Å²) in [6, 6.07) is 15.3. The van der Waals surface area contributed by atoms with Gasteiger partial charge in [0.25, 0.3) is 5.56 Å². The molecule has 1 N–H and O–H groups in total. The summed E-state index contributed by atoms with van der Waals surface area (Å²) in [5.41, 5.74) is 1.50. The Morgan fingerprint density at radius 1 is 1.07 bits per heavy atom. The summed E-state index contributed by atoms with van der Waals surface area (Å²) < 4.78 is 16.5. The Kier molecular flexibility index (Phi) is 3.98. The molecule has 1 amide bonds. The smallest absolute Gasteiger partial charge is 0.295 e. The van der Waals surface area contributed by atoms with Crippen molar-refractivity contribution in [3.63, 3.8) is 0 Å². The highest BCUT2D eigenvalue weighted by atomic mass is 19.1. The van der Waals surface area contributed by atoms with E-state index in [1.165, 1.54) is 16.8 Å². The van der Waals surface area contributed by atoms with Crippen LogP contribution in [0.2, 0.25) is 0 Å². The van der Waals surface area contributed by atoms with Crippen LogP contribution < -0.4 is 10.9 Å². The molecule has 1 aromatic heterocycles. The molecule has 1 aliphatic rings. The van der Waals surface area contributed by atoms with E-state index in [0.717, 1.165) is 11.3 Å². The predicted octanol–water partition coefficient (Wildman–Crippen LogP) is 3.29. The predicted molar refractivity (Wildman–Crippen MR) is 102 cm³/mol. The number of hydrogen-bond acceptors (Lipinski definition) is 2. The van der Waals surface area contributed by atoms with E-state index in [9.17, 15) is 14.0 Å². The zero-order chi connectivity index (χ0) is 19.2. The molecule has 0 bridgehead atoms. The number of anilines is 1. The Bertz CT molecular complexity index is 1060. The maximum atomic E-state index is 13.2. The summed E-state index contributed by atoms with van der Waals surface area (Å²) in [6.07, 6.45) is 1.37. The lowest BCUT2D eigenvalue weighted by Gasteiger charge is -2.15. The SMILES string of the molecule is Cc1c(NC(=O)C2(c3ccc(F)cc3)CC2)c(=O)n(-c2ccccc2)n1C. The summed E-state index contributed by atoms with van der Waals surface area (Å²) in [7, 11) is 1.78.